The van der Waals surface area contributed by atoms with Crippen molar-refractivity contribution in [2.24, 2.45) is 0 Å². The van der Waals surface area contributed by atoms with Gasteiger partial charge in [0.15, 0.2) is 4.96 Å². The molecule has 0 unspecified atom stereocenters. The van der Waals surface area contributed by atoms with Crippen LogP contribution >= 0.6 is 11.3 Å². The van der Waals surface area contributed by atoms with E-state index in [1.165, 1.54) is 0 Å². The third-order valence-electron chi connectivity index (χ3n) is 3.74. The third kappa shape index (κ3) is 3.27. The molecule has 5 nitrogen and oxygen atoms in total. The van der Waals surface area contributed by atoms with Gasteiger partial charge in [0.05, 0.1) is 23.5 Å². The molecule has 3 aromatic heterocycles. The van der Waals surface area contributed by atoms with Crippen LogP contribution in [0, 0.1) is 0 Å². The van der Waals surface area contributed by atoms with E-state index in [4.69, 9.17) is 0 Å². The van der Waals surface area contributed by atoms with Gasteiger partial charge < -0.3 is 5.32 Å². The number of carbonyl (C=O) groups excluding carboxylic acids is 1. The predicted octanol–water partition coefficient (Wildman–Crippen LogP) is 3.41. The number of aromatic nitrogens is 3. The zero-order valence-corrected chi connectivity index (χ0v) is 14.4. The molecular weight excluding hydrogens is 308 g/mol. The summed E-state index contributed by atoms with van der Waals surface area (Å²) >= 11 is 1.58. The van der Waals surface area contributed by atoms with Crippen LogP contribution < -0.4 is 5.32 Å². The van der Waals surface area contributed by atoms with Gasteiger partial charge >= 0.3 is 0 Å². The maximum atomic E-state index is 12.4. The minimum absolute atomic E-state index is 0.0963. The Balaban J connectivity index is 1.73. The van der Waals surface area contributed by atoms with Crippen LogP contribution in [-0.4, -0.2) is 20.3 Å². The summed E-state index contributed by atoms with van der Waals surface area (Å²) in [4.78, 5) is 22.5. The molecule has 0 spiro atoms. The van der Waals surface area contributed by atoms with Gasteiger partial charge in [-0.05, 0) is 24.5 Å². The lowest BCUT2D eigenvalue weighted by Gasteiger charge is -2.11. The molecule has 0 saturated heterocycles. The lowest BCUT2D eigenvalue weighted by molar-refractivity contribution is 0.0949. The fourth-order valence-electron chi connectivity index (χ4n) is 2.44. The first-order valence-electron chi connectivity index (χ1n) is 7.77. The van der Waals surface area contributed by atoms with E-state index in [9.17, 15) is 4.79 Å². The Hall–Kier alpha value is -2.21. The number of hydrogen-bond donors (Lipinski definition) is 1. The number of thiazole rings is 1. The summed E-state index contributed by atoms with van der Waals surface area (Å²) in [5, 5.41) is 4.93. The Labute approximate surface area is 139 Å². The molecule has 0 atom stereocenters. The van der Waals surface area contributed by atoms with Gasteiger partial charge in [-0.3, -0.25) is 14.2 Å². The molecule has 120 valence electrons. The smallest absolute Gasteiger partial charge is 0.253 e. The van der Waals surface area contributed by atoms with Gasteiger partial charge in [-0.1, -0.05) is 20.8 Å². The van der Waals surface area contributed by atoms with Crippen molar-refractivity contribution in [2.75, 3.05) is 0 Å². The van der Waals surface area contributed by atoms with E-state index in [-0.39, 0.29) is 5.91 Å². The van der Waals surface area contributed by atoms with Gasteiger partial charge in [-0.15, -0.1) is 11.3 Å². The number of imidazole rings is 1. The molecule has 3 aromatic rings. The van der Waals surface area contributed by atoms with Crippen LogP contribution in [0.1, 0.15) is 54.1 Å². The summed E-state index contributed by atoms with van der Waals surface area (Å²) in [6.07, 6.45) is 4.64. The molecule has 0 radical (unpaired) electrons. The molecule has 0 aromatic carbocycles. The molecule has 3 heterocycles. The predicted molar refractivity (Wildman–Crippen MR) is 91.9 cm³/mol. The molecule has 0 aliphatic rings. The number of fused-ring (bicyclic) bond motifs is 1. The Morgan fingerprint density at radius 3 is 2.87 bits per heavy atom. The van der Waals surface area contributed by atoms with E-state index >= 15 is 0 Å². The number of rotatable bonds is 5. The van der Waals surface area contributed by atoms with Crippen molar-refractivity contribution in [1.82, 2.24) is 19.7 Å². The molecule has 3 rings (SSSR count). The highest BCUT2D eigenvalue weighted by Gasteiger charge is 2.14. The highest BCUT2D eigenvalue weighted by molar-refractivity contribution is 7.15. The van der Waals surface area contributed by atoms with E-state index in [1.54, 1.807) is 11.3 Å². The van der Waals surface area contributed by atoms with Gasteiger partial charge in [-0.2, -0.15) is 0 Å². The van der Waals surface area contributed by atoms with E-state index in [1.807, 2.05) is 41.2 Å². The van der Waals surface area contributed by atoms with Crippen LogP contribution in [0.15, 0.2) is 29.9 Å². The molecule has 0 bridgehead atoms. The number of amides is 1. The summed E-state index contributed by atoms with van der Waals surface area (Å²) in [5.74, 6) is 0.261. The molecule has 1 amide bonds. The Morgan fingerprint density at radius 2 is 2.17 bits per heavy atom. The minimum Gasteiger partial charge on any atom is -0.346 e. The lowest BCUT2D eigenvalue weighted by atomic mass is 10.1. The average Bonchev–Trinajstić information content (AvgIpc) is 3.13. The summed E-state index contributed by atoms with van der Waals surface area (Å²) < 4.78 is 1.96. The SMILES string of the molecule is CCc1nc(C(C)C)ccc1C(=O)NCc1cn2ccsc2n1. The molecule has 23 heavy (non-hydrogen) atoms. The molecule has 0 fully saturated rings. The summed E-state index contributed by atoms with van der Waals surface area (Å²) in [6.45, 7) is 6.65. The van der Waals surface area contributed by atoms with Crippen LogP contribution in [0.3, 0.4) is 0 Å². The van der Waals surface area contributed by atoms with Crippen molar-refractivity contribution in [1.29, 1.82) is 0 Å². The second-order valence-corrected chi connectivity index (χ2v) is 6.62. The van der Waals surface area contributed by atoms with Crippen molar-refractivity contribution in [3.63, 3.8) is 0 Å². The van der Waals surface area contributed by atoms with E-state index in [0.717, 1.165) is 28.5 Å². The Kier molecular flexibility index (Phi) is 4.43. The van der Waals surface area contributed by atoms with E-state index < -0.39 is 0 Å². The standard InChI is InChI=1S/C17H20N4OS/c1-4-14-13(5-6-15(20-14)11(2)3)16(22)18-9-12-10-21-7-8-23-17(21)19-12/h5-8,10-11H,4,9H2,1-3H3,(H,18,22). The molecule has 0 aliphatic heterocycles. The normalized spacial score (nSPS) is 11.3. The number of nitrogens with one attached hydrogen (secondary N) is 1. The van der Waals surface area contributed by atoms with Crippen LogP contribution in [0.5, 0.6) is 0 Å². The summed E-state index contributed by atoms with van der Waals surface area (Å²) in [6, 6.07) is 3.81. The second-order valence-electron chi connectivity index (χ2n) is 5.75. The van der Waals surface area contributed by atoms with Crippen LogP contribution in [-0.2, 0) is 13.0 Å². The van der Waals surface area contributed by atoms with Crippen molar-refractivity contribution in [3.8, 4) is 0 Å². The van der Waals surface area contributed by atoms with Gasteiger partial charge in [0, 0.05) is 23.5 Å². The van der Waals surface area contributed by atoms with Gasteiger partial charge in [-0.25, -0.2) is 4.98 Å². The first kappa shape index (κ1) is 15.7. The van der Waals surface area contributed by atoms with Crippen molar-refractivity contribution >= 4 is 22.2 Å². The van der Waals surface area contributed by atoms with Gasteiger partial charge in [0.2, 0.25) is 0 Å². The number of aryl methyl sites for hydroxylation is 1. The van der Waals surface area contributed by atoms with Crippen molar-refractivity contribution < 1.29 is 4.79 Å². The summed E-state index contributed by atoms with van der Waals surface area (Å²) in [5.41, 5.74) is 3.38. The van der Waals surface area contributed by atoms with E-state index in [2.05, 4.69) is 29.1 Å². The molecule has 0 saturated carbocycles. The summed E-state index contributed by atoms with van der Waals surface area (Å²) in [7, 11) is 0. The van der Waals surface area contributed by atoms with Crippen molar-refractivity contribution in [2.45, 2.75) is 39.7 Å². The second kappa shape index (κ2) is 6.50. The highest BCUT2D eigenvalue weighted by atomic mass is 32.1. The largest absolute Gasteiger partial charge is 0.346 e. The van der Waals surface area contributed by atoms with Crippen LogP contribution in [0.25, 0.3) is 4.96 Å². The number of hydrogen-bond acceptors (Lipinski definition) is 4. The van der Waals surface area contributed by atoms with Crippen LogP contribution in [0.4, 0.5) is 0 Å². The maximum absolute atomic E-state index is 12.4. The lowest BCUT2D eigenvalue weighted by Crippen LogP contribution is -2.24. The monoisotopic (exact) mass is 328 g/mol. The first-order valence-corrected chi connectivity index (χ1v) is 8.65. The first-order chi connectivity index (χ1) is 11.1. The van der Waals surface area contributed by atoms with Crippen LogP contribution in [0.2, 0.25) is 0 Å². The highest BCUT2D eigenvalue weighted by Crippen LogP contribution is 2.16. The molecule has 6 heteroatoms. The van der Waals surface area contributed by atoms with Gasteiger partial charge in [0.1, 0.15) is 0 Å². The van der Waals surface area contributed by atoms with Gasteiger partial charge in [0.25, 0.3) is 5.91 Å². The average molecular weight is 328 g/mol. The number of carbonyl (C=O) groups is 1. The minimum atomic E-state index is -0.0963. The molecule has 0 aliphatic carbocycles. The fourth-order valence-corrected chi connectivity index (χ4v) is 3.16. The third-order valence-corrected chi connectivity index (χ3v) is 4.51. The number of nitrogens with zero attached hydrogens (tertiary/aromatic N) is 3. The maximum Gasteiger partial charge on any atom is 0.253 e. The topological polar surface area (TPSA) is 59.3 Å². The fraction of sp³-hybridized carbons (Fsp3) is 0.353. The Morgan fingerprint density at radius 1 is 1.35 bits per heavy atom. The molecule has 1 N–H and O–H groups in total. The zero-order chi connectivity index (χ0) is 16.4. The molecular formula is C17H20N4OS. The quantitative estimate of drug-likeness (QED) is 0.781. The van der Waals surface area contributed by atoms with Crippen molar-refractivity contribution in [3.05, 3.63) is 52.6 Å². The zero-order valence-electron chi connectivity index (χ0n) is 13.5. The Bertz CT molecular complexity index is 806. The number of pyridine rings is 1. The van der Waals surface area contributed by atoms with E-state index in [0.29, 0.717) is 18.0 Å².